The van der Waals surface area contributed by atoms with Crippen molar-refractivity contribution in [2.24, 2.45) is 0 Å². The van der Waals surface area contributed by atoms with Crippen LogP contribution >= 0.6 is 0 Å². The number of hydrogen-bond donors (Lipinski definition) is 1. The number of rotatable bonds is 6. The van der Waals surface area contributed by atoms with Crippen LogP contribution in [0.3, 0.4) is 0 Å². The molecular weight excluding hydrogens is 212 g/mol. The van der Waals surface area contributed by atoms with Crippen LogP contribution in [0.5, 0.6) is 0 Å². The van der Waals surface area contributed by atoms with Crippen LogP contribution in [0, 0.1) is 0 Å². The van der Waals surface area contributed by atoms with Crippen molar-refractivity contribution in [1.82, 2.24) is 10.2 Å². The number of urea groups is 1. The number of allylic oxidation sites excluding steroid dienone is 1. The van der Waals surface area contributed by atoms with Crippen molar-refractivity contribution in [3.8, 4) is 0 Å². The highest BCUT2D eigenvalue weighted by Crippen LogP contribution is 2.19. The fourth-order valence-electron chi connectivity index (χ4n) is 2.09. The average Bonchev–Trinajstić information content (AvgIpc) is 2.37. The summed E-state index contributed by atoms with van der Waals surface area (Å²) in [6.07, 6.45) is 10.7. The first-order chi connectivity index (χ1) is 8.24. The van der Waals surface area contributed by atoms with Gasteiger partial charge in [0, 0.05) is 20.1 Å². The molecule has 0 bridgehead atoms. The van der Waals surface area contributed by atoms with Gasteiger partial charge in [0.25, 0.3) is 0 Å². The smallest absolute Gasteiger partial charge is 0.317 e. The lowest BCUT2D eigenvalue weighted by molar-refractivity contribution is 0.208. The third kappa shape index (κ3) is 5.76. The third-order valence-corrected chi connectivity index (χ3v) is 3.30. The van der Waals surface area contributed by atoms with Gasteiger partial charge in [-0.15, -0.1) is 0 Å². The molecule has 3 heteroatoms. The van der Waals surface area contributed by atoms with Gasteiger partial charge in [0.15, 0.2) is 0 Å². The molecule has 1 rings (SSSR count). The van der Waals surface area contributed by atoms with E-state index >= 15 is 0 Å². The van der Waals surface area contributed by atoms with E-state index in [2.05, 4.69) is 18.3 Å². The van der Waals surface area contributed by atoms with E-state index in [-0.39, 0.29) is 6.03 Å². The van der Waals surface area contributed by atoms with Crippen LogP contribution < -0.4 is 5.32 Å². The molecule has 0 aliphatic heterocycles. The fourth-order valence-corrected chi connectivity index (χ4v) is 2.09. The Balaban J connectivity index is 2.12. The standard InChI is InChI=1S/C14H26N2O/c1-3-4-12-16(2)14(17)15-11-10-13-8-6-5-7-9-13/h8H,3-7,9-12H2,1-2H3,(H,15,17). The van der Waals surface area contributed by atoms with Crippen molar-refractivity contribution in [2.75, 3.05) is 20.1 Å². The monoisotopic (exact) mass is 238 g/mol. The summed E-state index contributed by atoms with van der Waals surface area (Å²) in [5.74, 6) is 0. The maximum Gasteiger partial charge on any atom is 0.317 e. The first kappa shape index (κ1) is 14.1. The molecule has 0 unspecified atom stereocenters. The second-order valence-electron chi connectivity index (χ2n) is 4.87. The Bertz CT molecular complexity index is 261. The highest BCUT2D eigenvalue weighted by molar-refractivity contribution is 5.73. The Morgan fingerprint density at radius 1 is 1.47 bits per heavy atom. The molecule has 0 radical (unpaired) electrons. The lowest BCUT2D eigenvalue weighted by Gasteiger charge is -2.18. The molecular formula is C14H26N2O. The van der Waals surface area contributed by atoms with Crippen molar-refractivity contribution >= 4 is 6.03 Å². The van der Waals surface area contributed by atoms with Crippen molar-refractivity contribution < 1.29 is 4.79 Å². The zero-order chi connectivity index (χ0) is 12.5. The minimum atomic E-state index is 0.0647. The Labute approximate surface area is 105 Å². The van der Waals surface area contributed by atoms with Gasteiger partial charge in [0.05, 0.1) is 0 Å². The molecule has 0 heterocycles. The van der Waals surface area contributed by atoms with Gasteiger partial charge >= 0.3 is 6.03 Å². The Morgan fingerprint density at radius 2 is 2.29 bits per heavy atom. The second-order valence-corrected chi connectivity index (χ2v) is 4.87. The van der Waals surface area contributed by atoms with Crippen molar-refractivity contribution in [3.63, 3.8) is 0 Å². The number of carbonyl (C=O) groups excluding carboxylic acids is 1. The fraction of sp³-hybridized carbons (Fsp3) is 0.786. The normalized spacial score (nSPS) is 15.3. The van der Waals surface area contributed by atoms with Crippen LogP contribution in [0.15, 0.2) is 11.6 Å². The van der Waals surface area contributed by atoms with E-state index in [9.17, 15) is 4.79 Å². The van der Waals surface area contributed by atoms with Crippen molar-refractivity contribution in [2.45, 2.75) is 51.9 Å². The van der Waals surface area contributed by atoms with Crippen LogP contribution in [0.2, 0.25) is 0 Å². The number of unbranched alkanes of at least 4 members (excludes halogenated alkanes) is 1. The molecule has 1 N–H and O–H groups in total. The molecule has 0 aromatic heterocycles. The summed E-state index contributed by atoms with van der Waals surface area (Å²) in [5.41, 5.74) is 1.52. The number of nitrogens with zero attached hydrogens (tertiary/aromatic N) is 1. The summed E-state index contributed by atoms with van der Waals surface area (Å²) in [7, 11) is 1.87. The molecule has 1 aliphatic carbocycles. The highest BCUT2D eigenvalue weighted by atomic mass is 16.2. The molecule has 0 fully saturated rings. The molecule has 0 aromatic rings. The van der Waals surface area contributed by atoms with Gasteiger partial charge in [-0.3, -0.25) is 0 Å². The zero-order valence-corrected chi connectivity index (χ0v) is 11.3. The Kier molecular flexibility index (Phi) is 6.75. The van der Waals surface area contributed by atoms with Gasteiger partial charge in [-0.1, -0.05) is 25.0 Å². The van der Waals surface area contributed by atoms with Gasteiger partial charge in [0.1, 0.15) is 0 Å². The summed E-state index contributed by atoms with van der Waals surface area (Å²) in [4.78, 5) is 13.5. The largest absolute Gasteiger partial charge is 0.338 e. The van der Waals surface area contributed by atoms with Gasteiger partial charge in [-0.25, -0.2) is 4.79 Å². The Hall–Kier alpha value is -0.990. The van der Waals surface area contributed by atoms with E-state index in [4.69, 9.17) is 0 Å². The molecule has 0 atom stereocenters. The molecule has 0 spiro atoms. The number of amides is 2. The van der Waals surface area contributed by atoms with Crippen LogP contribution in [0.1, 0.15) is 51.9 Å². The zero-order valence-electron chi connectivity index (χ0n) is 11.3. The van der Waals surface area contributed by atoms with E-state index in [1.165, 1.54) is 31.3 Å². The van der Waals surface area contributed by atoms with Crippen LogP contribution in [0.4, 0.5) is 4.79 Å². The van der Waals surface area contributed by atoms with Gasteiger partial charge in [-0.05, 0) is 38.5 Å². The molecule has 2 amide bonds. The highest BCUT2D eigenvalue weighted by Gasteiger charge is 2.08. The summed E-state index contributed by atoms with van der Waals surface area (Å²) < 4.78 is 0. The van der Waals surface area contributed by atoms with Gasteiger partial charge < -0.3 is 10.2 Å². The predicted octanol–water partition coefficient (Wildman–Crippen LogP) is 3.32. The molecule has 3 nitrogen and oxygen atoms in total. The van der Waals surface area contributed by atoms with Crippen molar-refractivity contribution in [3.05, 3.63) is 11.6 Å². The van der Waals surface area contributed by atoms with Gasteiger partial charge in [-0.2, -0.15) is 0 Å². The number of nitrogens with one attached hydrogen (secondary N) is 1. The van der Waals surface area contributed by atoms with E-state index in [0.717, 1.165) is 32.4 Å². The van der Waals surface area contributed by atoms with E-state index in [1.807, 2.05) is 7.05 Å². The molecule has 0 saturated carbocycles. The second kappa shape index (κ2) is 8.15. The average molecular weight is 238 g/mol. The van der Waals surface area contributed by atoms with E-state index < -0.39 is 0 Å². The first-order valence-electron chi connectivity index (χ1n) is 6.91. The minimum Gasteiger partial charge on any atom is -0.338 e. The summed E-state index contributed by atoms with van der Waals surface area (Å²) in [6, 6.07) is 0.0647. The van der Waals surface area contributed by atoms with Gasteiger partial charge in [0.2, 0.25) is 0 Å². The number of carbonyl (C=O) groups is 1. The maximum absolute atomic E-state index is 11.7. The number of hydrogen-bond acceptors (Lipinski definition) is 1. The molecule has 0 aromatic carbocycles. The summed E-state index contributed by atoms with van der Waals surface area (Å²) in [6.45, 7) is 3.77. The topological polar surface area (TPSA) is 32.3 Å². The SMILES string of the molecule is CCCCN(C)C(=O)NCCC1=CCCCC1. The lowest BCUT2D eigenvalue weighted by Crippen LogP contribution is -2.38. The summed E-state index contributed by atoms with van der Waals surface area (Å²) in [5, 5.41) is 2.98. The van der Waals surface area contributed by atoms with E-state index in [1.54, 1.807) is 4.90 Å². The molecule has 1 aliphatic rings. The lowest BCUT2D eigenvalue weighted by atomic mass is 9.97. The minimum absolute atomic E-state index is 0.0647. The summed E-state index contributed by atoms with van der Waals surface area (Å²) >= 11 is 0. The quantitative estimate of drug-likeness (QED) is 0.707. The molecule has 0 saturated heterocycles. The predicted molar refractivity (Wildman–Crippen MR) is 72.1 cm³/mol. The van der Waals surface area contributed by atoms with Crippen molar-refractivity contribution in [1.29, 1.82) is 0 Å². The third-order valence-electron chi connectivity index (χ3n) is 3.30. The van der Waals surface area contributed by atoms with Crippen LogP contribution in [-0.4, -0.2) is 31.1 Å². The van der Waals surface area contributed by atoms with Crippen LogP contribution in [0.25, 0.3) is 0 Å². The molecule has 98 valence electrons. The van der Waals surface area contributed by atoms with E-state index in [0.29, 0.717) is 0 Å². The maximum atomic E-state index is 11.7. The van der Waals surface area contributed by atoms with Crippen LogP contribution in [-0.2, 0) is 0 Å². The molecule has 17 heavy (non-hydrogen) atoms. The Morgan fingerprint density at radius 3 is 2.94 bits per heavy atom. The first-order valence-corrected chi connectivity index (χ1v) is 6.91.